The molecule has 3 rings (SSSR count). The summed E-state index contributed by atoms with van der Waals surface area (Å²) in [6, 6.07) is 3.80. The zero-order chi connectivity index (χ0) is 18.0. The van der Waals surface area contributed by atoms with Crippen LogP contribution < -0.4 is 0 Å². The average Bonchev–Trinajstić information content (AvgIpc) is 2.91. The summed E-state index contributed by atoms with van der Waals surface area (Å²) >= 11 is 3.44. The van der Waals surface area contributed by atoms with E-state index >= 15 is 0 Å². The van der Waals surface area contributed by atoms with Crippen LogP contribution >= 0.6 is 15.9 Å². The molecular weight excluding hydrogens is 386 g/mol. The molecule has 1 aliphatic carbocycles. The highest BCUT2D eigenvalue weighted by Crippen LogP contribution is 2.27. The Bertz CT molecular complexity index is 772. The number of carbonyl (C=O) groups excluding carboxylic acids is 1. The van der Waals surface area contributed by atoms with Crippen molar-refractivity contribution in [3.63, 3.8) is 0 Å². The number of carbonyl (C=O) groups is 1. The Morgan fingerprint density at radius 3 is 2.84 bits per heavy atom. The molecule has 1 amide bonds. The van der Waals surface area contributed by atoms with Gasteiger partial charge in [0.05, 0.1) is 11.4 Å². The molecule has 0 radical (unpaired) electrons. The Balaban J connectivity index is 1.69. The van der Waals surface area contributed by atoms with Crippen LogP contribution in [-0.2, 0) is 18.4 Å². The third-order valence-electron chi connectivity index (χ3n) is 4.61. The van der Waals surface area contributed by atoms with E-state index in [1.54, 1.807) is 23.7 Å². The summed E-state index contributed by atoms with van der Waals surface area (Å²) in [5, 5.41) is 8.23. The predicted octanol–water partition coefficient (Wildman–Crippen LogP) is 3.32. The second-order valence-electron chi connectivity index (χ2n) is 6.50. The van der Waals surface area contributed by atoms with E-state index in [1.165, 1.54) is 19.3 Å². The standard InChI is InChI=1S/C17H22BrN5O2/c1-11-13(18)7-8-14(19-11)16-15(23(3)21-20-16)10-25-17(24)22(2)9-12-5-4-6-12/h7-8,12H,4-6,9-10H2,1-3H3. The van der Waals surface area contributed by atoms with Gasteiger partial charge in [0.2, 0.25) is 0 Å². The second-order valence-corrected chi connectivity index (χ2v) is 7.36. The Morgan fingerprint density at radius 2 is 2.20 bits per heavy atom. The summed E-state index contributed by atoms with van der Waals surface area (Å²) < 4.78 is 8.02. The lowest BCUT2D eigenvalue weighted by Gasteiger charge is -2.29. The van der Waals surface area contributed by atoms with E-state index in [4.69, 9.17) is 4.74 Å². The quantitative estimate of drug-likeness (QED) is 0.759. The number of hydrogen-bond donors (Lipinski definition) is 0. The summed E-state index contributed by atoms with van der Waals surface area (Å²) in [5.74, 6) is 0.612. The molecule has 8 heteroatoms. The number of nitrogens with zero attached hydrogens (tertiary/aromatic N) is 5. The van der Waals surface area contributed by atoms with Gasteiger partial charge in [0.15, 0.2) is 0 Å². The average molecular weight is 408 g/mol. The van der Waals surface area contributed by atoms with Gasteiger partial charge in [-0.15, -0.1) is 5.10 Å². The molecule has 1 fully saturated rings. The van der Waals surface area contributed by atoms with Crippen LogP contribution in [-0.4, -0.2) is 44.6 Å². The van der Waals surface area contributed by atoms with Gasteiger partial charge in [-0.2, -0.15) is 0 Å². The van der Waals surface area contributed by atoms with Crippen LogP contribution in [0.1, 0.15) is 30.7 Å². The number of amides is 1. The zero-order valence-electron chi connectivity index (χ0n) is 14.7. The number of hydrogen-bond acceptors (Lipinski definition) is 5. The normalized spacial score (nSPS) is 14.2. The van der Waals surface area contributed by atoms with E-state index in [0.29, 0.717) is 17.3 Å². The Morgan fingerprint density at radius 1 is 1.44 bits per heavy atom. The van der Waals surface area contributed by atoms with Crippen LogP contribution in [0.15, 0.2) is 16.6 Å². The first-order valence-electron chi connectivity index (χ1n) is 8.35. The summed E-state index contributed by atoms with van der Waals surface area (Å²) in [5.41, 5.74) is 2.93. The Hall–Kier alpha value is -1.96. The maximum absolute atomic E-state index is 12.2. The van der Waals surface area contributed by atoms with Crippen LogP contribution in [0.5, 0.6) is 0 Å². The van der Waals surface area contributed by atoms with E-state index in [1.807, 2.05) is 19.1 Å². The van der Waals surface area contributed by atoms with Crippen molar-refractivity contribution in [2.75, 3.05) is 13.6 Å². The number of rotatable bonds is 5. The minimum atomic E-state index is -0.320. The minimum absolute atomic E-state index is 0.115. The van der Waals surface area contributed by atoms with Gasteiger partial charge in [-0.05, 0) is 53.7 Å². The molecule has 25 heavy (non-hydrogen) atoms. The van der Waals surface area contributed by atoms with Gasteiger partial charge in [0, 0.05) is 25.1 Å². The highest BCUT2D eigenvalue weighted by Gasteiger charge is 2.23. The zero-order valence-corrected chi connectivity index (χ0v) is 16.3. The summed E-state index contributed by atoms with van der Waals surface area (Å²) in [6.45, 7) is 2.78. The van der Waals surface area contributed by atoms with Crippen LogP contribution in [0, 0.1) is 12.8 Å². The van der Waals surface area contributed by atoms with E-state index in [-0.39, 0.29) is 12.7 Å². The first kappa shape index (κ1) is 17.8. The van der Waals surface area contributed by atoms with Gasteiger partial charge >= 0.3 is 6.09 Å². The van der Waals surface area contributed by atoms with E-state index in [9.17, 15) is 4.79 Å². The lowest BCUT2D eigenvalue weighted by atomic mass is 9.85. The lowest BCUT2D eigenvalue weighted by molar-refractivity contribution is 0.0913. The SMILES string of the molecule is Cc1nc(-c2nnn(C)c2COC(=O)N(C)CC2CCC2)ccc1Br. The van der Waals surface area contributed by atoms with Crippen LogP contribution in [0.25, 0.3) is 11.4 Å². The topological polar surface area (TPSA) is 73.1 Å². The molecule has 2 heterocycles. The van der Waals surface area contributed by atoms with E-state index in [0.717, 1.165) is 22.4 Å². The molecule has 7 nitrogen and oxygen atoms in total. The van der Waals surface area contributed by atoms with Gasteiger partial charge in [-0.3, -0.25) is 4.98 Å². The molecular formula is C17H22BrN5O2. The second kappa shape index (κ2) is 7.51. The summed E-state index contributed by atoms with van der Waals surface area (Å²) in [4.78, 5) is 18.4. The molecule has 0 aromatic carbocycles. The molecule has 0 unspecified atom stereocenters. The minimum Gasteiger partial charge on any atom is -0.443 e. The van der Waals surface area contributed by atoms with Gasteiger partial charge < -0.3 is 9.64 Å². The Kier molecular flexibility index (Phi) is 5.36. The number of halogens is 1. The molecule has 1 saturated carbocycles. The van der Waals surface area contributed by atoms with Crippen LogP contribution in [0.2, 0.25) is 0 Å². The molecule has 0 saturated heterocycles. The van der Waals surface area contributed by atoms with Crippen molar-refractivity contribution in [1.82, 2.24) is 24.9 Å². The molecule has 134 valence electrons. The number of aromatic nitrogens is 4. The third-order valence-corrected chi connectivity index (χ3v) is 5.45. The van der Waals surface area contributed by atoms with Crippen LogP contribution in [0.3, 0.4) is 0 Å². The van der Waals surface area contributed by atoms with Gasteiger partial charge in [-0.25, -0.2) is 9.48 Å². The van der Waals surface area contributed by atoms with Crippen molar-refractivity contribution >= 4 is 22.0 Å². The largest absolute Gasteiger partial charge is 0.443 e. The highest BCUT2D eigenvalue weighted by molar-refractivity contribution is 9.10. The summed E-state index contributed by atoms with van der Waals surface area (Å²) in [7, 11) is 3.56. The smallest absolute Gasteiger partial charge is 0.409 e. The fourth-order valence-electron chi connectivity index (χ4n) is 2.79. The maximum atomic E-state index is 12.2. The molecule has 2 aromatic heterocycles. The third kappa shape index (κ3) is 4.00. The van der Waals surface area contributed by atoms with Crippen molar-refractivity contribution in [1.29, 1.82) is 0 Å². The number of ether oxygens (including phenoxy) is 1. The van der Waals surface area contributed by atoms with Crippen molar-refractivity contribution in [3.8, 4) is 11.4 Å². The van der Waals surface area contributed by atoms with Crippen molar-refractivity contribution in [2.45, 2.75) is 32.8 Å². The fourth-order valence-corrected chi connectivity index (χ4v) is 3.01. The van der Waals surface area contributed by atoms with Crippen molar-refractivity contribution < 1.29 is 9.53 Å². The summed E-state index contributed by atoms with van der Waals surface area (Å²) in [6.07, 6.45) is 3.33. The van der Waals surface area contributed by atoms with E-state index < -0.39 is 0 Å². The molecule has 0 bridgehead atoms. The van der Waals surface area contributed by atoms with Gasteiger partial charge in [-0.1, -0.05) is 11.6 Å². The van der Waals surface area contributed by atoms with E-state index in [2.05, 4.69) is 31.2 Å². The highest BCUT2D eigenvalue weighted by atomic mass is 79.9. The monoisotopic (exact) mass is 407 g/mol. The molecule has 1 aliphatic rings. The number of pyridine rings is 1. The van der Waals surface area contributed by atoms with Crippen molar-refractivity contribution in [3.05, 3.63) is 28.0 Å². The molecule has 0 atom stereocenters. The fraction of sp³-hybridized carbons (Fsp3) is 0.529. The maximum Gasteiger partial charge on any atom is 0.409 e. The Labute approximate surface area is 155 Å². The lowest BCUT2D eigenvalue weighted by Crippen LogP contribution is -2.34. The predicted molar refractivity (Wildman–Crippen MR) is 96.8 cm³/mol. The molecule has 0 spiro atoms. The van der Waals surface area contributed by atoms with Gasteiger partial charge in [0.1, 0.15) is 18.0 Å². The molecule has 2 aromatic rings. The number of aryl methyl sites for hydroxylation is 2. The van der Waals surface area contributed by atoms with Gasteiger partial charge in [0.25, 0.3) is 0 Å². The molecule has 0 aliphatic heterocycles. The first-order valence-corrected chi connectivity index (χ1v) is 9.15. The van der Waals surface area contributed by atoms with Crippen molar-refractivity contribution in [2.24, 2.45) is 13.0 Å². The molecule has 0 N–H and O–H groups in total. The first-order chi connectivity index (χ1) is 12.0. The van der Waals surface area contributed by atoms with Crippen LogP contribution in [0.4, 0.5) is 4.79 Å².